The Bertz CT molecular complexity index is 1450. The zero-order valence-corrected chi connectivity index (χ0v) is 26.1. The van der Waals surface area contributed by atoms with Crippen LogP contribution in [0.15, 0.2) is 60.9 Å². The van der Waals surface area contributed by atoms with Crippen LogP contribution in [0.25, 0.3) is 0 Å². The molecule has 3 aromatic rings. The monoisotopic (exact) mass is 625 g/mol. The van der Waals surface area contributed by atoms with Gasteiger partial charge in [-0.05, 0) is 66.8 Å². The summed E-state index contributed by atoms with van der Waals surface area (Å²) in [5.41, 5.74) is 1.69. The lowest BCUT2D eigenvalue weighted by atomic mass is 9.87. The number of β-amino-alcohol motifs (C(OH)–C–C–N with tert-alkyl or cyclic N) is 1. The molecule has 2 fully saturated rings. The van der Waals surface area contributed by atoms with Gasteiger partial charge in [-0.25, -0.2) is 9.97 Å². The van der Waals surface area contributed by atoms with E-state index in [1.807, 2.05) is 29.2 Å². The number of pyridine rings is 2. The van der Waals surface area contributed by atoms with Gasteiger partial charge in [0.2, 0.25) is 5.91 Å². The highest BCUT2D eigenvalue weighted by Crippen LogP contribution is 2.35. The number of hydrogen-bond acceptors (Lipinski definition) is 8. The van der Waals surface area contributed by atoms with E-state index in [2.05, 4.69) is 36.1 Å². The highest BCUT2D eigenvalue weighted by Gasteiger charge is 2.41. The van der Waals surface area contributed by atoms with Gasteiger partial charge in [0.05, 0.1) is 33.7 Å². The minimum absolute atomic E-state index is 0.0606. The number of nitrogens with one attached hydrogen (secondary N) is 1. The third-order valence-corrected chi connectivity index (χ3v) is 8.69. The van der Waals surface area contributed by atoms with Crippen molar-refractivity contribution in [2.75, 3.05) is 36.0 Å². The van der Waals surface area contributed by atoms with Crippen molar-refractivity contribution in [2.45, 2.75) is 51.2 Å². The Morgan fingerprint density at radius 2 is 1.70 bits per heavy atom. The van der Waals surface area contributed by atoms with Crippen LogP contribution >= 0.6 is 23.2 Å². The molecule has 2 saturated heterocycles. The van der Waals surface area contributed by atoms with Crippen LogP contribution in [0.1, 0.15) is 39.2 Å². The summed E-state index contributed by atoms with van der Waals surface area (Å²) in [7, 11) is 0. The Balaban J connectivity index is 1.35. The molecule has 0 aliphatic carbocycles. The molecule has 1 aromatic carbocycles. The topological polar surface area (TPSA) is 108 Å². The van der Waals surface area contributed by atoms with Crippen molar-refractivity contribution in [1.82, 2.24) is 15.3 Å². The number of benzene rings is 1. The second-order valence-corrected chi connectivity index (χ2v) is 12.9. The number of esters is 1. The van der Waals surface area contributed by atoms with Crippen molar-refractivity contribution in [3.8, 4) is 0 Å². The van der Waals surface area contributed by atoms with Crippen LogP contribution < -0.4 is 15.1 Å². The van der Waals surface area contributed by atoms with E-state index in [-0.39, 0.29) is 17.9 Å². The van der Waals surface area contributed by atoms with Gasteiger partial charge < -0.3 is 20.1 Å². The number of carbonyl (C=O) groups is 2. The summed E-state index contributed by atoms with van der Waals surface area (Å²) in [4.78, 5) is 39.9. The second-order valence-electron chi connectivity index (χ2n) is 12.1. The minimum atomic E-state index is -0.977. The molecule has 0 radical (unpaired) electrons. The molecule has 2 aliphatic rings. The van der Waals surface area contributed by atoms with Crippen LogP contribution in [0.4, 0.5) is 17.3 Å². The molecule has 0 bridgehead atoms. The Morgan fingerprint density at radius 1 is 1.00 bits per heavy atom. The largest absolute Gasteiger partial charge is 0.460 e. The normalized spacial score (nSPS) is 22.6. The molecule has 2 aliphatic heterocycles. The summed E-state index contributed by atoms with van der Waals surface area (Å²) < 4.78 is 5.99. The average Bonchev–Trinajstić information content (AvgIpc) is 2.98. The van der Waals surface area contributed by atoms with Gasteiger partial charge in [-0.2, -0.15) is 0 Å². The molecule has 2 N–H and O–H groups in total. The maximum atomic E-state index is 14.3. The minimum Gasteiger partial charge on any atom is -0.460 e. The smallest absolute Gasteiger partial charge is 0.312 e. The molecule has 2 aromatic heterocycles. The molecule has 1 amide bonds. The molecule has 2 unspecified atom stereocenters. The first-order valence-corrected chi connectivity index (χ1v) is 15.3. The van der Waals surface area contributed by atoms with Gasteiger partial charge in [0.1, 0.15) is 11.9 Å². The molecule has 5 rings (SSSR count). The van der Waals surface area contributed by atoms with Crippen LogP contribution in [0, 0.1) is 11.8 Å². The lowest BCUT2D eigenvalue weighted by molar-refractivity contribution is -0.163. The predicted octanol–water partition coefficient (Wildman–Crippen LogP) is 5.15. The molecule has 9 nitrogen and oxygen atoms in total. The summed E-state index contributed by atoms with van der Waals surface area (Å²) >= 11 is 12.9. The summed E-state index contributed by atoms with van der Waals surface area (Å²) in [6.07, 6.45) is 2.34. The lowest BCUT2D eigenvalue weighted by Crippen LogP contribution is -2.52. The van der Waals surface area contributed by atoms with Crippen LogP contribution in [0.3, 0.4) is 0 Å². The number of anilines is 3. The number of carbonyl (C=O) groups excluding carboxylic acids is 2. The first-order valence-electron chi connectivity index (χ1n) is 14.5. The third kappa shape index (κ3) is 6.96. The van der Waals surface area contributed by atoms with Gasteiger partial charge in [-0.1, -0.05) is 56.1 Å². The van der Waals surface area contributed by atoms with Crippen molar-refractivity contribution < 1.29 is 19.4 Å². The zero-order chi connectivity index (χ0) is 30.7. The maximum absolute atomic E-state index is 14.3. The number of halogens is 2. The van der Waals surface area contributed by atoms with Gasteiger partial charge in [0, 0.05) is 32.0 Å². The van der Waals surface area contributed by atoms with E-state index >= 15 is 0 Å². The van der Waals surface area contributed by atoms with Crippen LogP contribution in [0.5, 0.6) is 0 Å². The number of amides is 1. The third-order valence-electron chi connectivity index (χ3n) is 8.10. The molecule has 43 heavy (non-hydrogen) atoms. The Kier molecular flexibility index (Phi) is 9.56. The van der Waals surface area contributed by atoms with E-state index in [1.54, 1.807) is 36.7 Å². The summed E-state index contributed by atoms with van der Waals surface area (Å²) in [6, 6.07) is 14.7. The van der Waals surface area contributed by atoms with Crippen LogP contribution in [-0.4, -0.2) is 65.3 Å². The first-order chi connectivity index (χ1) is 20.5. The van der Waals surface area contributed by atoms with E-state index in [1.165, 1.54) is 4.90 Å². The zero-order valence-electron chi connectivity index (χ0n) is 24.5. The molecular formula is C32H37Cl2N5O4. The number of piperidine rings is 2. The Labute approximate surface area is 262 Å². The van der Waals surface area contributed by atoms with Gasteiger partial charge in [0.15, 0.2) is 5.82 Å². The van der Waals surface area contributed by atoms with Crippen LogP contribution in [-0.2, 0) is 19.7 Å². The molecule has 228 valence electrons. The molecule has 4 atom stereocenters. The van der Waals surface area contributed by atoms with Gasteiger partial charge >= 0.3 is 5.97 Å². The number of nitrogens with zero attached hydrogens (tertiary/aromatic N) is 4. The molecule has 0 spiro atoms. The van der Waals surface area contributed by atoms with E-state index < -0.39 is 30.0 Å². The fraction of sp³-hybridized carbons (Fsp3) is 0.438. The lowest BCUT2D eigenvalue weighted by Gasteiger charge is -2.38. The highest BCUT2D eigenvalue weighted by atomic mass is 35.5. The first kappa shape index (κ1) is 31.2. The Morgan fingerprint density at radius 3 is 2.35 bits per heavy atom. The predicted molar refractivity (Wildman–Crippen MR) is 168 cm³/mol. The van der Waals surface area contributed by atoms with E-state index in [9.17, 15) is 14.7 Å². The number of aromatic nitrogens is 2. The summed E-state index contributed by atoms with van der Waals surface area (Å²) in [6.45, 7) is 7.96. The highest BCUT2D eigenvalue weighted by molar-refractivity contribution is 6.34. The van der Waals surface area contributed by atoms with Crippen molar-refractivity contribution in [1.29, 1.82) is 0 Å². The number of ether oxygens (including phenoxy) is 1. The fourth-order valence-corrected chi connectivity index (χ4v) is 6.10. The maximum Gasteiger partial charge on any atom is 0.312 e. The Hall–Kier alpha value is -3.24. The molecular weight excluding hydrogens is 589 g/mol. The average molecular weight is 627 g/mol. The van der Waals surface area contributed by atoms with E-state index in [0.29, 0.717) is 59.8 Å². The number of aliphatic hydroxyl groups is 1. The fourth-order valence-electron chi connectivity index (χ4n) is 5.65. The van der Waals surface area contributed by atoms with Gasteiger partial charge in [-0.3, -0.25) is 14.5 Å². The van der Waals surface area contributed by atoms with Crippen molar-refractivity contribution in [3.63, 3.8) is 0 Å². The quantitative estimate of drug-likeness (QED) is 0.362. The SMILES string of the molecule is CC(C)(C)c1ccc(N(C(=O)C2CCNCC2OC(=O)[C@@H]2CCN(c3ncccc3Cl)C[C@@H]2O)c2ncccc2Cl)cc1. The number of hydrogen-bond donors (Lipinski definition) is 2. The number of aliphatic hydroxyl groups excluding tert-OH is 1. The molecule has 4 heterocycles. The van der Waals surface area contributed by atoms with Gasteiger partial charge in [-0.15, -0.1) is 0 Å². The van der Waals surface area contributed by atoms with E-state index in [4.69, 9.17) is 27.9 Å². The second kappa shape index (κ2) is 13.2. The van der Waals surface area contributed by atoms with E-state index in [0.717, 1.165) is 5.56 Å². The van der Waals surface area contributed by atoms with Crippen molar-refractivity contribution in [3.05, 3.63) is 76.5 Å². The summed E-state index contributed by atoms with van der Waals surface area (Å²) in [5.74, 6) is -1.28. The van der Waals surface area contributed by atoms with Crippen molar-refractivity contribution >= 4 is 52.4 Å². The summed E-state index contributed by atoms with van der Waals surface area (Å²) in [5, 5.41) is 15.0. The molecule has 0 saturated carbocycles. The molecule has 11 heteroatoms. The van der Waals surface area contributed by atoms with Crippen LogP contribution in [0.2, 0.25) is 10.0 Å². The standard InChI is InChI=1S/C32H37Cl2N5O4/c1-32(2,3)20-8-10-21(11-9-20)39(29-25(34)7-5-15-37-29)30(41)23-12-16-35-18-27(23)43-31(42)22-13-17-38(19-26(22)40)28-24(33)6-4-14-36-28/h4-11,14-15,22-23,26-27,35,40H,12-13,16-19H2,1-3H3/t22-,23?,26+,27?/m1/s1. The van der Waals surface area contributed by atoms with Gasteiger partial charge in [0.25, 0.3) is 0 Å². The van der Waals surface area contributed by atoms with Crippen molar-refractivity contribution in [2.24, 2.45) is 11.8 Å². The number of rotatable bonds is 6.